The molecule has 0 atom stereocenters. The van der Waals surface area contributed by atoms with Crippen LogP contribution in [-0.4, -0.2) is 42.9 Å². The number of methoxy groups -OCH3 is 1. The van der Waals surface area contributed by atoms with Crippen LogP contribution in [0.25, 0.3) is 0 Å². The molecule has 25 heavy (non-hydrogen) atoms. The number of aryl methyl sites for hydroxylation is 1. The van der Waals surface area contributed by atoms with Crippen molar-refractivity contribution in [2.45, 2.75) is 26.8 Å². The highest BCUT2D eigenvalue weighted by Crippen LogP contribution is 2.28. The molecular weight excluding hydrogens is 324 g/mol. The first kappa shape index (κ1) is 18.7. The van der Waals surface area contributed by atoms with Gasteiger partial charge in [0.1, 0.15) is 0 Å². The SMILES string of the molecule is CCNC(=O)COc1ccc(CNCCc2nc(C)no2)cc1OC. The van der Waals surface area contributed by atoms with Gasteiger partial charge in [-0.15, -0.1) is 0 Å². The summed E-state index contributed by atoms with van der Waals surface area (Å²) in [6.07, 6.45) is 0.672. The quantitative estimate of drug-likeness (QED) is 0.623. The summed E-state index contributed by atoms with van der Waals surface area (Å²) in [5, 5.41) is 9.75. The van der Waals surface area contributed by atoms with Crippen LogP contribution in [0.4, 0.5) is 0 Å². The average molecular weight is 348 g/mol. The van der Waals surface area contributed by atoms with Gasteiger partial charge in [-0.25, -0.2) is 0 Å². The number of aromatic nitrogens is 2. The zero-order valence-electron chi connectivity index (χ0n) is 14.8. The Morgan fingerprint density at radius 2 is 2.16 bits per heavy atom. The van der Waals surface area contributed by atoms with E-state index in [9.17, 15) is 4.79 Å². The fourth-order valence-electron chi connectivity index (χ4n) is 2.20. The largest absolute Gasteiger partial charge is 0.493 e. The molecule has 0 saturated heterocycles. The summed E-state index contributed by atoms with van der Waals surface area (Å²) in [7, 11) is 1.57. The molecule has 0 fully saturated rings. The van der Waals surface area contributed by atoms with Crippen molar-refractivity contribution < 1.29 is 18.8 Å². The number of likely N-dealkylation sites (N-methyl/N-ethyl adjacent to an activating group) is 1. The number of ether oxygens (including phenoxy) is 2. The van der Waals surface area contributed by atoms with Crippen molar-refractivity contribution in [1.82, 2.24) is 20.8 Å². The lowest BCUT2D eigenvalue weighted by molar-refractivity contribution is -0.123. The summed E-state index contributed by atoms with van der Waals surface area (Å²) >= 11 is 0. The molecule has 1 aromatic carbocycles. The molecule has 1 amide bonds. The molecule has 0 aliphatic rings. The Balaban J connectivity index is 1.82. The van der Waals surface area contributed by atoms with E-state index in [2.05, 4.69) is 20.8 Å². The van der Waals surface area contributed by atoms with Gasteiger partial charge in [-0.2, -0.15) is 4.98 Å². The molecule has 0 aliphatic carbocycles. The zero-order valence-corrected chi connectivity index (χ0v) is 14.8. The Morgan fingerprint density at radius 1 is 1.32 bits per heavy atom. The lowest BCUT2D eigenvalue weighted by Crippen LogP contribution is -2.28. The van der Waals surface area contributed by atoms with Crippen LogP contribution in [0.1, 0.15) is 24.2 Å². The van der Waals surface area contributed by atoms with Gasteiger partial charge in [0, 0.05) is 26.1 Å². The Morgan fingerprint density at radius 3 is 2.84 bits per heavy atom. The summed E-state index contributed by atoms with van der Waals surface area (Å²) < 4.78 is 15.9. The number of rotatable bonds is 10. The van der Waals surface area contributed by atoms with Crippen molar-refractivity contribution in [3.8, 4) is 11.5 Å². The van der Waals surface area contributed by atoms with Crippen LogP contribution in [0, 0.1) is 6.92 Å². The lowest BCUT2D eigenvalue weighted by atomic mass is 10.2. The molecule has 8 nitrogen and oxygen atoms in total. The van der Waals surface area contributed by atoms with E-state index in [0.717, 1.165) is 12.1 Å². The zero-order chi connectivity index (χ0) is 18.1. The van der Waals surface area contributed by atoms with E-state index >= 15 is 0 Å². The minimum atomic E-state index is -0.161. The van der Waals surface area contributed by atoms with Gasteiger partial charge in [0.2, 0.25) is 5.89 Å². The third kappa shape index (κ3) is 6.07. The van der Waals surface area contributed by atoms with Gasteiger partial charge in [0.25, 0.3) is 5.91 Å². The predicted molar refractivity (Wildman–Crippen MR) is 91.6 cm³/mol. The third-order valence-electron chi connectivity index (χ3n) is 3.38. The van der Waals surface area contributed by atoms with E-state index < -0.39 is 0 Å². The maximum atomic E-state index is 11.5. The van der Waals surface area contributed by atoms with Crippen molar-refractivity contribution in [2.24, 2.45) is 0 Å². The van der Waals surface area contributed by atoms with Crippen LogP contribution in [0.5, 0.6) is 11.5 Å². The molecule has 0 aliphatic heterocycles. The third-order valence-corrected chi connectivity index (χ3v) is 3.38. The Kier molecular flexibility index (Phi) is 7.21. The highest BCUT2D eigenvalue weighted by molar-refractivity contribution is 5.77. The van der Waals surface area contributed by atoms with Gasteiger partial charge >= 0.3 is 0 Å². The smallest absolute Gasteiger partial charge is 0.257 e. The predicted octanol–water partition coefficient (Wildman–Crippen LogP) is 1.23. The Hall–Kier alpha value is -2.61. The van der Waals surface area contributed by atoms with Gasteiger partial charge < -0.3 is 24.6 Å². The minimum absolute atomic E-state index is 0.0363. The number of carbonyl (C=O) groups excluding carboxylic acids is 1. The molecule has 0 saturated carbocycles. The Labute approximate surface area is 146 Å². The van der Waals surface area contributed by atoms with Crippen molar-refractivity contribution in [1.29, 1.82) is 0 Å². The number of hydrogen-bond donors (Lipinski definition) is 2. The van der Waals surface area contributed by atoms with Crippen LogP contribution in [0.15, 0.2) is 22.7 Å². The highest BCUT2D eigenvalue weighted by atomic mass is 16.5. The maximum Gasteiger partial charge on any atom is 0.257 e. The fourth-order valence-corrected chi connectivity index (χ4v) is 2.20. The molecule has 0 unspecified atom stereocenters. The molecular formula is C17H24N4O4. The second-order valence-electron chi connectivity index (χ2n) is 5.39. The van der Waals surface area contributed by atoms with E-state index in [1.54, 1.807) is 20.1 Å². The average Bonchev–Trinajstić information content (AvgIpc) is 3.03. The van der Waals surface area contributed by atoms with Crippen LogP contribution in [0.2, 0.25) is 0 Å². The normalized spacial score (nSPS) is 10.5. The van der Waals surface area contributed by atoms with Gasteiger partial charge in [0.15, 0.2) is 23.9 Å². The molecule has 0 bridgehead atoms. The number of hydrogen-bond acceptors (Lipinski definition) is 7. The molecule has 136 valence electrons. The first-order valence-corrected chi connectivity index (χ1v) is 8.18. The van der Waals surface area contributed by atoms with Gasteiger partial charge in [-0.3, -0.25) is 4.79 Å². The molecule has 0 spiro atoms. The van der Waals surface area contributed by atoms with E-state index in [0.29, 0.717) is 42.7 Å². The van der Waals surface area contributed by atoms with E-state index in [4.69, 9.17) is 14.0 Å². The first-order valence-electron chi connectivity index (χ1n) is 8.18. The van der Waals surface area contributed by atoms with Crippen molar-refractivity contribution >= 4 is 5.91 Å². The van der Waals surface area contributed by atoms with Crippen LogP contribution < -0.4 is 20.1 Å². The molecule has 2 aromatic rings. The van der Waals surface area contributed by atoms with E-state index in [-0.39, 0.29) is 12.5 Å². The van der Waals surface area contributed by atoms with Crippen LogP contribution >= 0.6 is 0 Å². The van der Waals surface area contributed by atoms with Gasteiger partial charge in [0.05, 0.1) is 7.11 Å². The second kappa shape index (κ2) is 9.63. The second-order valence-corrected chi connectivity index (χ2v) is 5.39. The van der Waals surface area contributed by atoms with Gasteiger partial charge in [-0.1, -0.05) is 11.2 Å². The monoisotopic (exact) mass is 348 g/mol. The fraction of sp³-hybridized carbons (Fsp3) is 0.471. The first-order chi connectivity index (χ1) is 12.1. The Bertz CT molecular complexity index is 687. The molecule has 8 heteroatoms. The summed E-state index contributed by atoms with van der Waals surface area (Å²) in [4.78, 5) is 15.6. The number of nitrogens with zero attached hydrogens (tertiary/aromatic N) is 2. The van der Waals surface area contributed by atoms with Crippen LogP contribution in [0.3, 0.4) is 0 Å². The standard InChI is InChI=1S/C17H24N4O4/c1-4-19-16(22)11-24-14-6-5-13(9-15(14)23-3)10-18-8-7-17-20-12(2)21-25-17/h5-6,9,18H,4,7-8,10-11H2,1-3H3,(H,19,22). The van der Waals surface area contributed by atoms with Crippen molar-refractivity contribution in [2.75, 3.05) is 26.8 Å². The van der Waals surface area contributed by atoms with Crippen molar-refractivity contribution in [3.63, 3.8) is 0 Å². The molecule has 2 N–H and O–H groups in total. The highest BCUT2D eigenvalue weighted by Gasteiger charge is 2.08. The van der Waals surface area contributed by atoms with Crippen molar-refractivity contribution in [3.05, 3.63) is 35.5 Å². The maximum absolute atomic E-state index is 11.5. The molecule has 1 aromatic heterocycles. The summed E-state index contributed by atoms with van der Waals surface area (Å²) in [6.45, 7) is 5.58. The summed E-state index contributed by atoms with van der Waals surface area (Å²) in [5.74, 6) is 2.24. The number of nitrogens with one attached hydrogen (secondary N) is 2. The lowest BCUT2D eigenvalue weighted by Gasteiger charge is -2.12. The van der Waals surface area contributed by atoms with Crippen LogP contribution in [-0.2, 0) is 17.8 Å². The molecule has 2 rings (SSSR count). The van der Waals surface area contributed by atoms with E-state index in [1.165, 1.54) is 0 Å². The van der Waals surface area contributed by atoms with Gasteiger partial charge in [-0.05, 0) is 31.5 Å². The number of amides is 1. The summed E-state index contributed by atoms with van der Waals surface area (Å²) in [6, 6.07) is 5.62. The topological polar surface area (TPSA) is 98.5 Å². The summed E-state index contributed by atoms with van der Waals surface area (Å²) in [5.41, 5.74) is 1.05. The molecule has 0 radical (unpaired) electrons. The minimum Gasteiger partial charge on any atom is -0.493 e. The number of carbonyl (C=O) groups is 1. The van der Waals surface area contributed by atoms with E-state index in [1.807, 2.05) is 19.1 Å². The molecule has 1 heterocycles. The number of benzene rings is 1.